The van der Waals surface area contributed by atoms with E-state index in [-0.39, 0.29) is 5.54 Å². The van der Waals surface area contributed by atoms with Gasteiger partial charge in [-0.1, -0.05) is 44.0 Å². The van der Waals surface area contributed by atoms with Crippen LogP contribution < -0.4 is 5.32 Å². The van der Waals surface area contributed by atoms with Crippen molar-refractivity contribution in [2.75, 3.05) is 20.1 Å². The molecule has 2 nitrogen and oxygen atoms in total. The van der Waals surface area contributed by atoms with E-state index in [2.05, 4.69) is 62.3 Å². The molecule has 1 fully saturated rings. The summed E-state index contributed by atoms with van der Waals surface area (Å²) >= 11 is 0. The maximum absolute atomic E-state index is 3.57. The third-order valence-corrected chi connectivity index (χ3v) is 5.02. The Morgan fingerprint density at radius 3 is 2.24 bits per heavy atom. The van der Waals surface area contributed by atoms with Crippen LogP contribution in [0.1, 0.15) is 63.6 Å². The van der Waals surface area contributed by atoms with Gasteiger partial charge in [-0.25, -0.2) is 0 Å². The molecule has 0 radical (unpaired) electrons. The van der Waals surface area contributed by atoms with Crippen LogP contribution in [0, 0.1) is 0 Å². The third-order valence-electron chi connectivity index (χ3n) is 5.02. The van der Waals surface area contributed by atoms with Gasteiger partial charge in [0.25, 0.3) is 0 Å². The van der Waals surface area contributed by atoms with Crippen molar-refractivity contribution in [1.82, 2.24) is 10.2 Å². The minimum Gasteiger partial charge on any atom is -0.311 e. The normalized spacial score (nSPS) is 18.7. The number of piperidine rings is 1. The van der Waals surface area contributed by atoms with Gasteiger partial charge in [0, 0.05) is 11.6 Å². The molecule has 2 rings (SSSR count). The smallest absolute Gasteiger partial charge is 0.0499 e. The van der Waals surface area contributed by atoms with Crippen molar-refractivity contribution in [2.45, 2.75) is 64.5 Å². The van der Waals surface area contributed by atoms with E-state index in [1.165, 1.54) is 56.3 Å². The first-order valence-electron chi connectivity index (χ1n) is 8.60. The van der Waals surface area contributed by atoms with Gasteiger partial charge in [-0.3, -0.25) is 4.90 Å². The van der Waals surface area contributed by atoms with Gasteiger partial charge in [0.05, 0.1) is 0 Å². The topological polar surface area (TPSA) is 15.3 Å². The van der Waals surface area contributed by atoms with Crippen LogP contribution in [0.25, 0.3) is 0 Å². The van der Waals surface area contributed by atoms with Crippen LogP contribution in [0.4, 0.5) is 0 Å². The van der Waals surface area contributed by atoms with E-state index < -0.39 is 0 Å². The molecular formula is C19H32N2. The number of nitrogens with zero attached hydrogens (tertiary/aromatic N) is 1. The van der Waals surface area contributed by atoms with Crippen molar-refractivity contribution in [2.24, 2.45) is 0 Å². The Kier molecular flexibility index (Phi) is 5.83. The van der Waals surface area contributed by atoms with Gasteiger partial charge in [-0.2, -0.15) is 0 Å². The molecule has 0 bridgehead atoms. The molecular weight excluding hydrogens is 256 g/mol. The molecule has 0 aliphatic carbocycles. The van der Waals surface area contributed by atoms with Gasteiger partial charge < -0.3 is 5.32 Å². The number of rotatable bonds is 6. The number of hydrogen-bond donors (Lipinski definition) is 1. The highest BCUT2D eigenvalue weighted by atomic mass is 15.2. The minimum absolute atomic E-state index is 0.154. The summed E-state index contributed by atoms with van der Waals surface area (Å²) in [6.07, 6.45) is 6.47. The molecule has 21 heavy (non-hydrogen) atoms. The second-order valence-corrected chi connectivity index (χ2v) is 6.91. The van der Waals surface area contributed by atoms with Gasteiger partial charge in [0.1, 0.15) is 0 Å². The summed E-state index contributed by atoms with van der Waals surface area (Å²) in [4.78, 5) is 2.66. The van der Waals surface area contributed by atoms with E-state index in [0.29, 0.717) is 6.04 Å². The predicted octanol–water partition coefficient (Wildman–Crippen LogP) is 4.16. The average molecular weight is 288 g/mol. The summed E-state index contributed by atoms with van der Waals surface area (Å²) in [5, 5.41) is 3.57. The van der Waals surface area contributed by atoms with Crippen molar-refractivity contribution in [3.8, 4) is 0 Å². The van der Waals surface area contributed by atoms with Crippen LogP contribution in [-0.4, -0.2) is 30.6 Å². The first-order valence-corrected chi connectivity index (χ1v) is 8.60. The molecule has 1 aromatic rings. The summed E-state index contributed by atoms with van der Waals surface area (Å²) in [6, 6.07) is 9.62. The first-order chi connectivity index (χ1) is 10.1. The minimum atomic E-state index is 0.154. The van der Waals surface area contributed by atoms with Gasteiger partial charge in [-0.05, 0) is 64.4 Å². The zero-order chi connectivity index (χ0) is 15.3. The number of hydrogen-bond acceptors (Lipinski definition) is 2. The maximum atomic E-state index is 3.57. The second kappa shape index (κ2) is 7.42. The highest BCUT2D eigenvalue weighted by Crippen LogP contribution is 2.33. The maximum Gasteiger partial charge on any atom is 0.0499 e. The Bertz CT molecular complexity index is 416. The molecule has 1 atom stereocenters. The zero-order valence-corrected chi connectivity index (χ0v) is 14.3. The van der Waals surface area contributed by atoms with E-state index >= 15 is 0 Å². The Morgan fingerprint density at radius 1 is 1.10 bits per heavy atom. The molecule has 0 amide bonds. The molecule has 0 spiro atoms. The number of likely N-dealkylation sites (N-methyl/N-ethyl adjacent to an activating group) is 1. The Balaban J connectivity index is 2.16. The van der Waals surface area contributed by atoms with Crippen LogP contribution in [0.3, 0.4) is 0 Å². The summed E-state index contributed by atoms with van der Waals surface area (Å²) < 4.78 is 0. The van der Waals surface area contributed by atoms with E-state index in [1.807, 2.05) is 0 Å². The number of benzene rings is 1. The summed E-state index contributed by atoms with van der Waals surface area (Å²) in [6.45, 7) is 9.49. The van der Waals surface area contributed by atoms with Crippen LogP contribution in [0.5, 0.6) is 0 Å². The lowest BCUT2D eigenvalue weighted by molar-refractivity contribution is 0.0633. The second-order valence-electron chi connectivity index (χ2n) is 6.91. The van der Waals surface area contributed by atoms with Crippen LogP contribution in [-0.2, 0) is 6.42 Å². The molecule has 1 aliphatic rings. The third kappa shape index (κ3) is 3.87. The molecule has 118 valence electrons. The lowest BCUT2D eigenvalue weighted by Gasteiger charge is -2.46. The molecule has 1 saturated heterocycles. The summed E-state index contributed by atoms with van der Waals surface area (Å²) in [7, 11) is 2.09. The van der Waals surface area contributed by atoms with Crippen molar-refractivity contribution in [1.29, 1.82) is 0 Å². The molecule has 1 N–H and O–H groups in total. The molecule has 1 unspecified atom stereocenters. The average Bonchev–Trinajstić information content (AvgIpc) is 2.51. The van der Waals surface area contributed by atoms with Crippen LogP contribution in [0.2, 0.25) is 0 Å². The summed E-state index contributed by atoms with van der Waals surface area (Å²) in [5.41, 5.74) is 3.02. The molecule has 1 aliphatic heterocycles. The molecule has 1 aromatic carbocycles. The number of likely N-dealkylation sites (tertiary alicyclic amines) is 1. The van der Waals surface area contributed by atoms with E-state index in [4.69, 9.17) is 0 Å². The quantitative estimate of drug-likeness (QED) is 0.845. The highest BCUT2D eigenvalue weighted by Gasteiger charge is 2.35. The molecule has 2 heteroatoms. The largest absolute Gasteiger partial charge is 0.311 e. The fourth-order valence-corrected chi connectivity index (χ4v) is 3.75. The lowest BCUT2D eigenvalue weighted by Crippen LogP contribution is -2.53. The fraction of sp³-hybridized carbons (Fsp3) is 0.684. The van der Waals surface area contributed by atoms with Crippen LogP contribution >= 0.6 is 0 Å². The number of nitrogens with one attached hydrogen (secondary N) is 1. The Labute approximate surface area is 130 Å². The van der Waals surface area contributed by atoms with Gasteiger partial charge in [0.15, 0.2) is 0 Å². The first kappa shape index (κ1) is 16.5. The van der Waals surface area contributed by atoms with E-state index in [9.17, 15) is 0 Å². The monoisotopic (exact) mass is 288 g/mol. The Morgan fingerprint density at radius 2 is 1.71 bits per heavy atom. The van der Waals surface area contributed by atoms with Crippen LogP contribution in [0.15, 0.2) is 24.3 Å². The summed E-state index contributed by atoms with van der Waals surface area (Å²) in [5.74, 6) is 0. The van der Waals surface area contributed by atoms with Crippen molar-refractivity contribution in [3.05, 3.63) is 35.4 Å². The lowest BCUT2D eigenvalue weighted by atomic mass is 9.85. The van der Waals surface area contributed by atoms with Crippen molar-refractivity contribution >= 4 is 0 Å². The standard InChI is InChI=1S/C19H32N2/c1-5-9-16-10-12-17(13-11-16)18(20-4)19(2,3)21-14-7-6-8-15-21/h10-13,18,20H,5-9,14-15H2,1-4H3. The van der Waals surface area contributed by atoms with Gasteiger partial charge >= 0.3 is 0 Å². The zero-order valence-electron chi connectivity index (χ0n) is 14.3. The number of aryl methyl sites for hydroxylation is 1. The molecule has 0 aromatic heterocycles. The highest BCUT2D eigenvalue weighted by molar-refractivity contribution is 5.27. The predicted molar refractivity (Wildman–Crippen MR) is 91.7 cm³/mol. The van der Waals surface area contributed by atoms with Gasteiger partial charge in [0.2, 0.25) is 0 Å². The van der Waals surface area contributed by atoms with E-state index in [0.717, 1.165) is 0 Å². The van der Waals surface area contributed by atoms with E-state index in [1.54, 1.807) is 0 Å². The Hall–Kier alpha value is -0.860. The molecule has 1 heterocycles. The fourth-order valence-electron chi connectivity index (χ4n) is 3.75. The van der Waals surface area contributed by atoms with Gasteiger partial charge in [-0.15, -0.1) is 0 Å². The van der Waals surface area contributed by atoms with Crippen molar-refractivity contribution in [3.63, 3.8) is 0 Å². The van der Waals surface area contributed by atoms with Crippen molar-refractivity contribution < 1.29 is 0 Å². The SMILES string of the molecule is CCCc1ccc(C(NC)C(C)(C)N2CCCCC2)cc1. The molecule has 0 saturated carbocycles.